The molecule has 0 radical (unpaired) electrons. The summed E-state index contributed by atoms with van der Waals surface area (Å²) in [6, 6.07) is 8.76. The van der Waals surface area contributed by atoms with Gasteiger partial charge in [-0.25, -0.2) is 0 Å². The average molecular weight is 740 g/mol. The highest BCUT2D eigenvalue weighted by molar-refractivity contribution is 5.90. The van der Waals surface area contributed by atoms with Crippen LogP contribution in [-0.4, -0.2) is 108 Å². The number of benzene rings is 1. The number of carbonyl (C=O) groups excluding carboxylic acids is 4. The molecule has 0 aromatic heterocycles. The molecule has 11 heteroatoms. The van der Waals surface area contributed by atoms with Crippen molar-refractivity contribution in [2.45, 2.75) is 135 Å². The normalized spacial score (nSPS) is 25.0. The van der Waals surface area contributed by atoms with Crippen LogP contribution in [0.2, 0.25) is 0 Å². The second-order valence-corrected chi connectivity index (χ2v) is 16.4. The average Bonchev–Trinajstić information content (AvgIpc) is 3.92. The van der Waals surface area contributed by atoms with Crippen LogP contribution < -0.4 is 5.32 Å². The minimum absolute atomic E-state index is 0.00857. The quantitative estimate of drug-likeness (QED) is 0.174. The number of likely N-dealkylation sites (tertiary alicyclic amines) is 1. The number of ketones is 2. The van der Waals surface area contributed by atoms with Crippen molar-refractivity contribution in [3.05, 3.63) is 35.9 Å². The highest BCUT2D eigenvalue weighted by Crippen LogP contribution is 2.37. The molecule has 1 aliphatic carbocycles. The van der Waals surface area contributed by atoms with Gasteiger partial charge in [0.15, 0.2) is 5.78 Å². The second-order valence-electron chi connectivity index (χ2n) is 16.4. The molecule has 2 aliphatic heterocycles. The van der Waals surface area contributed by atoms with E-state index in [1.54, 1.807) is 30.9 Å². The van der Waals surface area contributed by atoms with Gasteiger partial charge in [-0.1, -0.05) is 71.4 Å². The Morgan fingerprint density at radius 1 is 0.962 bits per heavy atom. The van der Waals surface area contributed by atoms with E-state index in [0.29, 0.717) is 24.9 Å². The predicted molar refractivity (Wildman–Crippen MR) is 203 cm³/mol. The number of carboxylic acids is 1. The van der Waals surface area contributed by atoms with Crippen LogP contribution >= 0.6 is 0 Å². The molecule has 11 nitrogen and oxygen atoms in total. The number of carboxylic acid groups (broad SMARTS) is 1. The number of rotatable bonds is 21. The van der Waals surface area contributed by atoms with E-state index >= 15 is 0 Å². The highest BCUT2D eigenvalue weighted by atomic mass is 16.5. The van der Waals surface area contributed by atoms with Gasteiger partial charge in [0.2, 0.25) is 11.8 Å². The number of nitrogens with zero attached hydrogens (tertiary/aromatic N) is 2. The van der Waals surface area contributed by atoms with Crippen LogP contribution in [0, 0.1) is 35.5 Å². The number of hydrogen-bond acceptors (Lipinski definition) is 8. The maximum Gasteiger partial charge on any atom is 0.307 e. The Hall–Kier alpha value is -3.15. The minimum Gasteiger partial charge on any atom is -0.481 e. The van der Waals surface area contributed by atoms with Crippen molar-refractivity contribution < 1.29 is 38.6 Å². The maximum atomic E-state index is 14.3. The zero-order chi connectivity index (χ0) is 39.0. The third-order valence-corrected chi connectivity index (χ3v) is 12.7. The molecule has 2 amide bonds. The fourth-order valence-corrected chi connectivity index (χ4v) is 9.34. The van der Waals surface area contributed by atoms with Crippen LogP contribution in [0.4, 0.5) is 0 Å². The van der Waals surface area contributed by atoms with Crippen molar-refractivity contribution in [2.75, 3.05) is 27.8 Å². The number of nitrogens with one attached hydrogen (secondary N) is 1. The lowest BCUT2D eigenvalue weighted by molar-refractivity contribution is -0.149. The predicted octanol–water partition coefficient (Wildman–Crippen LogP) is 5.18. The highest BCUT2D eigenvalue weighted by Gasteiger charge is 2.46. The Morgan fingerprint density at radius 3 is 2.21 bits per heavy atom. The molecule has 296 valence electrons. The van der Waals surface area contributed by atoms with E-state index < -0.39 is 42.0 Å². The Bertz CT molecular complexity index is 1400. The number of Topliss-reactive ketones (excluding diaryl/α,β-unsaturated/α-hetero) is 2. The lowest BCUT2D eigenvalue weighted by atomic mass is 9.83. The summed E-state index contributed by atoms with van der Waals surface area (Å²) in [6.07, 6.45) is 4.51. The molecule has 1 saturated carbocycles. The van der Waals surface area contributed by atoms with Gasteiger partial charge in [-0.15, -0.1) is 0 Å². The van der Waals surface area contributed by atoms with Gasteiger partial charge in [-0.05, 0) is 61.8 Å². The van der Waals surface area contributed by atoms with E-state index in [1.807, 2.05) is 44.2 Å². The smallest absolute Gasteiger partial charge is 0.307 e. The first-order chi connectivity index (χ1) is 25.2. The van der Waals surface area contributed by atoms with E-state index in [0.717, 1.165) is 37.7 Å². The molecule has 2 bridgehead atoms. The first-order valence-electron chi connectivity index (χ1n) is 19.9. The van der Waals surface area contributed by atoms with Crippen molar-refractivity contribution in [2.24, 2.45) is 35.5 Å². The SMILES string of the molecule is CC[C@H](C)[C@@H]([C@@H](CC(=O)N1CCC[C@H]1[C@H](OC)[C@@H](C)C(=O)C[C@@H](Cc1ccccc1)C(=O)O)OC)N(C)C(=O)[C@@H](CC(=O)[C@H]1N[C@@H]2CC[C@H]1C2)C(C)C. The van der Waals surface area contributed by atoms with Gasteiger partial charge in [-0.3, -0.25) is 24.0 Å². The monoisotopic (exact) mass is 739 g/mol. The summed E-state index contributed by atoms with van der Waals surface area (Å²) in [5.41, 5.74) is 0.855. The summed E-state index contributed by atoms with van der Waals surface area (Å²) in [7, 11) is 4.89. The number of methoxy groups -OCH3 is 2. The molecule has 1 aromatic rings. The van der Waals surface area contributed by atoms with Crippen LogP contribution in [0.3, 0.4) is 0 Å². The topological polar surface area (TPSA) is 143 Å². The van der Waals surface area contributed by atoms with Gasteiger partial charge in [0.1, 0.15) is 5.78 Å². The summed E-state index contributed by atoms with van der Waals surface area (Å²) >= 11 is 0. The molecule has 0 unspecified atom stereocenters. The van der Waals surface area contributed by atoms with E-state index in [-0.39, 0.29) is 73.0 Å². The Labute approximate surface area is 316 Å². The van der Waals surface area contributed by atoms with Crippen molar-refractivity contribution in [3.8, 4) is 0 Å². The molecule has 4 rings (SSSR count). The first-order valence-corrected chi connectivity index (χ1v) is 19.9. The van der Waals surface area contributed by atoms with Gasteiger partial charge >= 0.3 is 5.97 Å². The van der Waals surface area contributed by atoms with E-state index in [4.69, 9.17) is 9.47 Å². The van der Waals surface area contributed by atoms with Crippen LogP contribution in [-0.2, 0) is 39.9 Å². The van der Waals surface area contributed by atoms with Gasteiger partial charge in [-0.2, -0.15) is 0 Å². The number of hydrogen-bond donors (Lipinski definition) is 2. The molecule has 3 fully saturated rings. The van der Waals surface area contributed by atoms with Crippen LogP contribution in [0.1, 0.15) is 98.0 Å². The molecule has 1 aromatic carbocycles. The molecule has 2 N–H and O–H groups in total. The van der Waals surface area contributed by atoms with Gasteiger partial charge in [0.25, 0.3) is 0 Å². The van der Waals surface area contributed by atoms with Gasteiger partial charge in [0.05, 0.1) is 42.7 Å². The van der Waals surface area contributed by atoms with Crippen LogP contribution in [0.25, 0.3) is 0 Å². The molecule has 2 heterocycles. The van der Waals surface area contributed by atoms with Gasteiger partial charge < -0.3 is 29.7 Å². The third-order valence-electron chi connectivity index (χ3n) is 12.7. The molecule has 3 aliphatic rings. The number of amides is 2. The molecular weight excluding hydrogens is 674 g/mol. The maximum absolute atomic E-state index is 14.3. The fraction of sp³-hybridized carbons (Fsp3) is 0.738. The van der Waals surface area contributed by atoms with E-state index in [2.05, 4.69) is 19.2 Å². The minimum atomic E-state index is -1.02. The summed E-state index contributed by atoms with van der Waals surface area (Å²) in [5, 5.41) is 13.4. The third kappa shape index (κ3) is 10.3. The van der Waals surface area contributed by atoms with Crippen LogP contribution in [0.15, 0.2) is 30.3 Å². The summed E-state index contributed by atoms with van der Waals surface area (Å²) < 4.78 is 12.0. The zero-order valence-corrected chi connectivity index (χ0v) is 33.3. The molecule has 0 spiro atoms. The van der Waals surface area contributed by atoms with Crippen molar-refractivity contribution in [3.63, 3.8) is 0 Å². The van der Waals surface area contributed by atoms with Gasteiger partial charge in [0, 0.05) is 58.5 Å². The molecule has 11 atom stereocenters. The summed E-state index contributed by atoms with van der Waals surface area (Å²) in [6.45, 7) is 10.4. The van der Waals surface area contributed by atoms with E-state index in [1.165, 1.54) is 7.11 Å². The number of piperidine rings is 1. The summed E-state index contributed by atoms with van der Waals surface area (Å²) in [5.74, 6) is -3.00. The standard InChI is InChI=1S/C42H65N3O8/c1-9-26(4)39(44(6)41(49)32(25(2)3)23-35(47)38-29-17-18-31(21-29)43-38)36(52-7)24-37(48)45-19-13-16-33(45)40(53-8)27(5)34(46)22-30(42(50)51)20-28-14-11-10-12-15-28/h10-12,14-15,25-27,29-33,36,38-40,43H,9,13,16-24H2,1-8H3,(H,50,51)/t26-,27-,29-,30+,31+,32-,33-,36+,38-,39-,40+/m0/s1. The number of aliphatic carboxylic acids is 1. The Balaban J connectivity index is 1.45. The van der Waals surface area contributed by atoms with Crippen molar-refractivity contribution >= 4 is 29.4 Å². The molecule has 2 saturated heterocycles. The number of ether oxygens (including phenoxy) is 2. The Kier molecular flexibility index (Phi) is 15.6. The first kappa shape index (κ1) is 42.6. The Morgan fingerprint density at radius 2 is 1.66 bits per heavy atom. The number of likely N-dealkylation sites (N-methyl/N-ethyl adjacent to an activating group) is 1. The zero-order valence-electron chi connectivity index (χ0n) is 33.3. The second kappa shape index (κ2) is 19.4. The lowest BCUT2D eigenvalue weighted by Crippen LogP contribution is -2.54. The van der Waals surface area contributed by atoms with Crippen molar-refractivity contribution in [1.82, 2.24) is 15.1 Å². The number of fused-ring (bicyclic) bond motifs is 2. The van der Waals surface area contributed by atoms with Crippen molar-refractivity contribution in [1.29, 1.82) is 0 Å². The van der Waals surface area contributed by atoms with E-state index in [9.17, 15) is 29.1 Å². The fourth-order valence-electron chi connectivity index (χ4n) is 9.34. The molecular formula is C42H65N3O8. The number of carbonyl (C=O) groups is 5. The molecule has 53 heavy (non-hydrogen) atoms. The largest absolute Gasteiger partial charge is 0.481 e. The summed E-state index contributed by atoms with van der Waals surface area (Å²) in [4.78, 5) is 71.2. The van der Waals surface area contributed by atoms with Crippen LogP contribution in [0.5, 0.6) is 0 Å². The lowest BCUT2D eigenvalue weighted by Gasteiger charge is -2.41.